The van der Waals surface area contributed by atoms with Crippen LogP contribution < -0.4 is 4.74 Å². The first kappa shape index (κ1) is 21.8. The summed E-state index contributed by atoms with van der Waals surface area (Å²) in [5.41, 5.74) is 2.54. The van der Waals surface area contributed by atoms with Crippen LogP contribution in [0.4, 0.5) is 4.79 Å². The molecular formula is C24H29N5O3. The molecule has 0 radical (unpaired) electrons. The van der Waals surface area contributed by atoms with Gasteiger partial charge in [0.2, 0.25) is 0 Å². The van der Waals surface area contributed by atoms with Crippen LogP contribution in [0, 0.1) is 0 Å². The zero-order chi connectivity index (χ0) is 22.6. The minimum Gasteiger partial charge on any atom is -0.487 e. The monoisotopic (exact) mass is 435 g/mol. The number of benzene rings is 1. The molecule has 1 aliphatic rings. The molecule has 3 aromatic rings. The molecule has 168 valence electrons. The van der Waals surface area contributed by atoms with Crippen LogP contribution in [0.2, 0.25) is 0 Å². The van der Waals surface area contributed by atoms with E-state index in [-0.39, 0.29) is 6.09 Å². The third-order valence-corrected chi connectivity index (χ3v) is 5.37. The smallest absolute Gasteiger partial charge is 0.410 e. The number of rotatable bonds is 5. The number of carbonyl (C=O) groups is 1. The van der Waals surface area contributed by atoms with Crippen LogP contribution in [-0.4, -0.2) is 49.4 Å². The second-order valence-corrected chi connectivity index (χ2v) is 8.95. The Hall–Kier alpha value is -3.42. The van der Waals surface area contributed by atoms with E-state index in [0.29, 0.717) is 25.6 Å². The highest BCUT2D eigenvalue weighted by atomic mass is 16.6. The topological polar surface area (TPSA) is 82.4 Å². The van der Waals surface area contributed by atoms with E-state index >= 15 is 0 Å². The second-order valence-electron chi connectivity index (χ2n) is 8.95. The average molecular weight is 436 g/mol. The molecule has 8 heteroatoms. The van der Waals surface area contributed by atoms with Crippen LogP contribution >= 0.6 is 0 Å². The second kappa shape index (κ2) is 9.38. The molecule has 0 N–H and O–H groups in total. The molecular weight excluding hydrogens is 406 g/mol. The maximum absolute atomic E-state index is 12.2. The van der Waals surface area contributed by atoms with Crippen molar-refractivity contribution in [1.82, 2.24) is 24.6 Å². The zero-order valence-corrected chi connectivity index (χ0v) is 18.8. The fourth-order valence-corrected chi connectivity index (χ4v) is 3.68. The predicted octanol–water partition coefficient (Wildman–Crippen LogP) is 4.36. The predicted molar refractivity (Wildman–Crippen MR) is 120 cm³/mol. The summed E-state index contributed by atoms with van der Waals surface area (Å²) >= 11 is 0. The first-order valence-corrected chi connectivity index (χ1v) is 10.9. The molecule has 1 saturated heterocycles. The van der Waals surface area contributed by atoms with E-state index in [4.69, 9.17) is 9.47 Å². The van der Waals surface area contributed by atoms with E-state index in [1.54, 1.807) is 15.9 Å². The van der Waals surface area contributed by atoms with Gasteiger partial charge in [-0.05, 0) is 75.4 Å². The summed E-state index contributed by atoms with van der Waals surface area (Å²) in [5.74, 6) is 1.18. The molecule has 32 heavy (non-hydrogen) atoms. The first-order chi connectivity index (χ1) is 15.4. The highest BCUT2D eigenvalue weighted by Crippen LogP contribution is 2.28. The summed E-state index contributed by atoms with van der Waals surface area (Å²) in [6.45, 7) is 7.48. The van der Waals surface area contributed by atoms with Crippen molar-refractivity contribution in [3.8, 4) is 11.4 Å². The van der Waals surface area contributed by atoms with E-state index in [1.165, 1.54) is 11.9 Å². The Kier molecular flexibility index (Phi) is 6.39. The van der Waals surface area contributed by atoms with E-state index in [2.05, 4.69) is 21.1 Å². The molecule has 1 fully saturated rings. The van der Waals surface area contributed by atoms with Gasteiger partial charge in [0.15, 0.2) is 0 Å². The SMILES string of the molecule is CC(C)(C)OC(=O)N1CCC(c2ccc(COc3ccc(-n4cncn4)cc3)nc2)CC1. The quantitative estimate of drug-likeness (QED) is 0.592. The van der Waals surface area contributed by atoms with Gasteiger partial charge in [-0.2, -0.15) is 5.10 Å². The molecule has 0 bridgehead atoms. The Morgan fingerprint density at radius 1 is 1.09 bits per heavy atom. The fourth-order valence-electron chi connectivity index (χ4n) is 3.68. The van der Waals surface area contributed by atoms with Gasteiger partial charge in [0.05, 0.1) is 11.4 Å². The van der Waals surface area contributed by atoms with Gasteiger partial charge in [0, 0.05) is 19.3 Å². The van der Waals surface area contributed by atoms with Crippen molar-refractivity contribution in [2.45, 2.75) is 51.7 Å². The summed E-state index contributed by atoms with van der Waals surface area (Å²) in [5, 5.41) is 4.11. The molecule has 1 aliphatic heterocycles. The largest absolute Gasteiger partial charge is 0.487 e. The molecule has 2 aromatic heterocycles. The van der Waals surface area contributed by atoms with Gasteiger partial charge in [0.25, 0.3) is 0 Å². The lowest BCUT2D eigenvalue weighted by atomic mass is 9.90. The van der Waals surface area contributed by atoms with Gasteiger partial charge in [0.1, 0.15) is 30.6 Å². The fraction of sp³-hybridized carbons (Fsp3) is 0.417. The van der Waals surface area contributed by atoms with E-state index in [9.17, 15) is 4.79 Å². The number of likely N-dealkylation sites (tertiary alicyclic amines) is 1. The van der Waals surface area contributed by atoms with E-state index in [1.807, 2.05) is 57.3 Å². The molecule has 0 unspecified atom stereocenters. The normalized spacial score (nSPS) is 14.9. The van der Waals surface area contributed by atoms with Crippen molar-refractivity contribution in [2.75, 3.05) is 13.1 Å². The molecule has 3 heterocycles. The number of ether oxygens (including phenoxy) is 2. The number of hydrogen-bond acceptors (Lipinski definition) is 6. The van der Waals surface area contributed by atoms with Gasteiger partial charge < -0.3 is 14.4 Å². The number of carbonyl (C=O) groups excluding carboxylic acids is 1. The molecule has 0 spiro atoms. The molecule has 1 aromatic carbocycles. The van der Waals surface area contributed by atoms with E-state index < -0.39 is 5.60 Å². The highest BCUT2D eigenvalue weighted by molar-refractivity contribution is 5.68. The maximum Gasteiger partial charge on any atom is 0.410 e. The maximum atomic E-state index is 12.2. The van der Waals surface area contributed by atoms with Crippen molar-refractivity contribution in [2.24, 2.45) is 0 Å². The lowest BCUT2D eigenvalue weighted by Gasteiger charge is -2.33. The highest BCUT2D eigenvalue weighted by Gasteiger charge is 2.27. The van der Waals surface area contributed by atoms with Crippen molar-refractivity contribution in [3.63, 3.8) is 0 Å². The van der Waals surface area contributed by atoms with Gasteiger partial charge >= 0.3 is 6.09 Å². The Morgan fingerprint density at radius 2 is 1.84 bits per heavy atom. The molecule has 8 nitrogen and oxygen atoms in total. The number of pyridine rings is 1. The first-order valence-electron chi connectivity index (χ1n) is 10.9. The third kappa shape index (κ3) is 5.63. The van der Waals surface area contributed by atoms with Crippen molar-refractivity contribution in [1.29, 1.82) is 0 Å². The van der Waals surface area contributed by atoms with Crippen LogP contribution in [0.5, 0.6) is 5.75 Å². The number of nitrogens with zero attached hydrogens (tertiary/aromatic N) is 5. The molecule has 1 amide bonds. The van der Waals surface area contributed by atoms with Gasteiger partial charge in [-0.1, -0.05) is 6.07 Å². The average Bonchev–Trinajstić information content (AvgIpc) is 3.32. The molecule has 0 atom stereocenters. The number of amides is 1. The Bertz CT molecular complexity index is 1000. The third-order valence-electron chi connectivity index (χ3n) is 5.37. The van der Waals surface area contributed by atoms with Crippen LogP contribution in [0.25, 0.3) is 5.69 Å². The van der Waals surface area contributed by atoms with Gasteiger partial charge in [-0.3, -0.25) is 4.98 Å². The van der Waals surface area contributed by atoms with Crippen LogP contribution in [0.1, 0.15) is 50.8 Å². The Balaban J connectivity index is 1.26. The summed E-state index contributed by atoms with van der Waals surface area (Å²) in [6, 6.07) is 11.8. The van der Waals surface area contributed by atoms with Gasteiger partial charge in [-0.25, -0.2) is 14.5 Å². The standard InChI is InChI=1S/C24H29N5O3/c1-24(2,3)32-23(30)28-12-10-18(11-13-28)19-4-5-20(26-14-19)15-31-22-8-6-21(7-9-22)29-17-25-16-27-29/h4-9,14,16-18H,10-13,15H2,1-3H3. The molecule has 4 rings (SSSR count). The molecule has 0 aliphatic carbocycles. The minimum atomic E-state index is -0.463. The van der Waals surface area contributed by atoms with Crippen LogP contribution in [-0.2, 0) is 11.3 Å². The number of piperidine rings is 1. The van der Waals surface area contributed by atoms with Crippen molar-refractivity contribution < 1.29 is 14.3 Å². The lowest BCUT2D eigenvalue weighted by Crippen LogP contribution is -2.41. The number of hydrogen-bond donors (Lipinski definition) is 0. The van der Waals surface area contributed by atoms with E-state index in [0.717, 1.165) is 30.0 Å². The van der Waals surface area contributed by atoms with Crippen molar-refractivity contribution in [3.05, 3.63) is 66.5 Å². The van der Waals surface area contributed by atoms with Crippen molar-refractivity contribution >= 4 is 6.09 Å². The summed E-state index contributed by atoms with van der Waals surface area (Å²) < 4.78 is 13.0. The minimum absolute atomic E-state index is 0.226. The summed E-state index contributed by atoms with van der Waals surface area (Å²) in [6.07, 6.45) is 6.69. The van der Waals surface area contributed by atoms with Crippen LogP contribution in [0.3, 0.4) is 0 Å². The Labute approximate surface area is 188 Å². The zero-order valence-electron chi connectivity index (χ0n) is 18.8. The van der Waals surface area contributed by atoms with Gasteiger partial charge in [-0.15, -0.1) is 0 Å². The summed E-state index contributed by atoms with van der Waals surface area (Å²) in [4.78, 5) is 22.6. The lowest BCUT2D eigenvalue weighted by molar-refractivity contribution is 0.0205. The summed E-state index contributed by atoms with van der Waals surface area (Å²) in [7, 11) is 0. The number of aromatic nitrogens is 4. The van der Waals surface area contributed by atoms with Crippen LogP contribution in [0.15, 0.2) is 55.2 Å². The Morgan fingerprint density at radius 3 is 2.44 bits per heavy atom. The molecule has 0 saturated carbocycles.